The first kappa shape index (κ1) is 13.8. The van der Waals surface area contributed by atoms with E-state index in [1.807, 2.05) is 18.9 Å². The molecule has 0 saturated heterocycles. The van der Waals surface area contributed by atoms with Crippen LogP contribution in [0.2, 0.25) is 5.15 Å². The smallest absolute Gasteiger partial charge is 0.339 e. The fourth-order valence-electron chi connectivity index (χ4n) is 1.50. The summed E-state index contributed by atoms with van der Waals surface area (Å²) >= 11 is 5.82. The topological polar surface area (TPSA) is 53.4 Å². The molecule has 1 atom stereocenters. The number of nitrogens with zero attached hydrogens (tertiary/aromatic N) is 2. The zero-order chi connectivity index (χ0) is 13.2. The van der Waals surface area contributed by atoms with E-state index in [9.17, 15) is 4.79 Å². The SMILES string of the molecule is CC(C)C(C)N(C)c1nc(Cl)ccc1C(=O)O. The maximum atomic E-state index is 11.1. The molecule has 94 valence electrons. The lowest BCUT2D eigenvalue weighted by Gasteiger charge is -2.29. The highest BCUT2D eigenvalue weighted by Gasteiger charge is 2.21. The van der Waals surface area contributed by atoms with Crippen LogP contribution in [0.4, 0.5) is 5.82 Å². The molecule has 0 aliphatic carbocycles. The second-order valence-corrected chi connectivity index (χ2v) is 4.79. The molecule has 0 amide bonds. The third-order valence-electron chi connectivity index (χ3n) is 2.98. The van der Waals surface area contributed by atoms with Gasteiger partial charge in [-0.05, 0) is 25.0 Å². The summed E-state index contributed by atoms with van der Waals surface area (Å²) in [5.74, 6) is -0.194. The summed E-state index contributed by atoms with van der Waals surface area (Å²) in [5.41, 5.74) is 0.171. The van der Waals surface area contributed by atoms with Crippen molar-refractivity contribution in [3.8, 4) is 0 Å². The van der Waals surface area contributed by atoms with Crippen LogP contribution in [-0.2, 0) is 0 Å². The predicted octanol–water partition coefficient (Wildman–Crippen LogP) is 2.91. The molecule has 0 saturated carbocycles. The van der Waals surface area contributed by atoms with Crippen molar-refractivity contribution >= 4 is 23.4 Å². The Morgan fingerprint density at radius 3 is 2.47 bits per heavy atom. The van der Waals surface area contributed by atoms with Gasteiger partial charge in [0.25, 0.3) is 0 Å². The van der Waals surface area contributed by atoms with Crippen LogP contribution in [0, 0.1) is 5.92 Å². The molecule has 5 heteroatoms. The van der Waals surface area contributed by atoms with Gasteiger partial charge < -0.3 is 10.0 Å². The van der Waals surface area contributed by atoms with Crippen LogP contribution < -0.4 is 4.90 Å². The molecule has 0 fully saturated rings. The molecule has 0 radical (unpaired) electrons. The van der Waals surface area contributed by atoms with Gasteiger partial charge in [-0.3, -0.25) is 0 Å². The number of hydrogen-bond donors (Lipinski definition) is 1. The number of aromatic nitrogens is 1. The summed E-state index contributed by atoms with van der Waals surface area (Å²) < 4.78 is 0. The van der Waals surface area contributed by atoms with E-state index in [-0.39, 0.29) is 11.6 Å². The Balaban J connectivity index is 3.19. The Labute approximate surface area is 106 Å². The molecule has 0 aromatic carbocycles. The number of pyridine rings is 1. The number of anilines is 1. The average Bonchev–Trinajstić information content (AvgIpc) is 2.26. The molecular formula is C12H17ClN2O2. The maximum Gasteiger partial charge on any atom is 0.339 e. The molecule has 1 aromatic heterocycles. The second-order valence-electron chi connectivity index (χ2n) is 4.41. The quantitative estimate of drug-likeness (QED) is 0.842. The maximum absolute atomic E-state index is 11.1. The highest BCUT2D eigenvalue weighted by molar-refractivity contribution is 6.29. The number of carboxylic acid groups (broad SMARTS) is 1. The minimum atomic E-state index is -0.994. The lowest BCUT2D eigenvalue weighted by atomic mass is 10.0. The molecule has 4 nitrogen and oxygen atoms in total. The summed E-state index contributed by atoms with van der Waals surface area (Å²) in [4.78, 5) is 17.1. The summed E-state index contributed by atoms with van der Waals surface area (Å²) in [6.45, 7) is 6.18. The van der Waals surface area contributed by atoms with Crippen molar-refractivity contribution in [2.45, 2.75) is 26.8 Å². The van der Waals surface area contributed by atoms with Crippen LogP contribution >= 0.6 is 11.6 Å². The minimum Gasteiger partial charge on any atom is -0.478 e. The number of aromatic carboxylic acids is 1. The van der Waals surface area contributed by atoms with E-state index in [1.165, 1.54) is 12.1 Å². The van der Waals surface area contributed by atoms with E-state index >= 15 is 0 Å². The molecule has 1 N–H and O–H groups in total. The largest absolute Gasteiger partial charge is 0.478 e. The normalized spacial score (nSPS) is 12.6. The second kappa shape index (κ2) is 5.36. The number of halogens is 1. The molecule has 17 heavy (non-hydrogen) atoms. The van der Waals surface area contributed by atoms with Crippen LogP contribution in [0.1, 0.15) is 31.1 Å². The molecule has 0 spiro atoms. The standard InChI is InChI=1S/C12H17ClN2O2/c1-7(2)8(3)15(4)11-9(12(16)17)5-6-10(13)14-11/h5-8H,1-4H3,(H,16,17). The van der Waals surface area contributed by atoms with E-state index in [2.05, 4.69) is 18.8 Å². The Morgan fingerprint density at radius 2 is 2.00 bits per heavy atom. The third-order valence-corrected chi connectivity index (χ3v) is 3.19. The first-order valence-electron chi connectivity index (χ1n) is 5.47. The van der Waals surface area contributed by atoms with Crippen LogP contribution in [-0.4, -0.2) is 29.1 Å². The Morgan fingerprint density at radius 1 is 1.41 bits per heavy atom. The van der Waals surface area contributed by atoms with Gasteiger partial charge in [0.05, 0.1) is 0 Å². The van der Waals surface area contributed by atoms with Gasteiger partial charge in [0.2, 0.25) is 0 Å². The van der Waals surface area contributed by atoms with Crippen molar-refractivity contribution in [1.29, 1.82) is 0 Å². The number of rotatable bonds is 4. The fourth-order valence-corrected chi connectivity index (χ4v) is 1.64. The van der Waals surface area contributed by atoms with E-state index < -0.39 is 5.97 Å². The van der Waals surface area contributed by atoms with Gasteiger partial charge >= 0.3 is 5.97 Å². The van der Waals surface area contributed by atoms with E-state index in [4.69, 9.17) is 16.7 Å². The van der Waals surface area contributed by atoms with Crippen LogP contribution in [0.25, 0.3) is 0 Å². The zero-order valence-corrected chi connectivity index (χ0v) is 11.2. The number of carboxylic acids is 1. The molecule has 1 rings (SSSR count). The minimum absolute atomic E-state index is 0.171. The lowest BCUT2D eigenvalue weighted by molar-refractivity contribution is 0.0697. The zero-order valence-electron chi connectivity index (χ0n) is 10.4. The van der Waals surface area contributed by atoms with Gasteiger partial charge in [0.1, 0.15) is 16.5 Å². The Kier molecular flexibility index (Phi) is 4.34. The van der Waals surface area contributed by atoms with Crippen molar-refractivity contribution in [3.05, 3.63) is 22.8 Å². The van der Waals surface area contributed by atoms with Crippen molar-refractivity contribution in [3.63, 3.8) is 0 Å². The summed E-state index contributed by atoms with van der Waals surface area (Å²) in [6.07, 6.45) is 0. The van der Waals surface area contributed by atoms with E-state index in [0.29, 0.717) is 16.9 Å². The van der Waals surface area contributed by atoms with E-state index in [1.54, 1.807) is 0 Å². The Bertz CT molecular complexity index is 421. The summed E-state index contributed by atoms with van der Waals surface area (Å²) in [5, 5.41) is 9.41. The van der Waals surface area contributed by atoms with Gasteiger partial charge in [-0.15, -0.1) is 0 Å². The van der Waals surface area contributed by atoms with Crippen LogP contribution in [0.5, 0.6) is 0 Å². The van der Waals surface area contributed by atoms with Crippen molar-refractivity contribution in [2.24, 2.45) is 5.92 Å². The van der Waals surface area contributed by atoms with Gasteiger partial charge in [0.15, 0.2) is 0 Å². The monoisotopic (exact) mass is 256 g/mol. The molecular weight excluding hydrogens is 240 g/mol. The summed E-state index contributed by atoms with van der Waals surface area (Å²) in [6, 6.07) is 3.15. The van der Waals surface area contributed by atoms with Gasteiger partial charge in [0, 0.05) is 13.1 Å². The highest BCUT2D eigenvalue weighted by atomic mass is 35.5. The molecule has 1 aromatic rings. The van der Waals surface area contributed by atoms with Gasteiger partial charge in [-0.2, -0.15) is 0 Å². The first-order valence-corrected chi connectivity index (χ1v) is 5.85. The Hall–Kier alpha value is -1.29. The van der Waals surface area contributed by atoms with Crippen molar-refractivity contribution in [1.82, 2.24) is 4.98 Å². The van der Waals surface area contributed by atoms with Crippen LogP contribution in [0.3, 0.4) is 0 Å². The third kappa shape index (κ3) is 3.09. The number of hydrogen-bond acceptors (Lipinski definition) is 3. The average molecular weight is 257 g/mol. The van der Waals surface area contributed by atoms with Crippen molar-refractivity contribution in [2.75, 3.05) is 11.9 Å². The molecule has 0 bridgehead atoms. The van der Waals surface area contributed by atoms with Crippen molar-refractivity contribution < 1.29 is 9.90 Å². The molecule has 0 aliphatic heterocycles. The molecule has 1 heterocycles. The molecule has 1 unspecified atom stereocenters. The fraction of sp³-hybridized carbons (Fsp3) is 0.500. The van der Waals surface area contributed by atoms with Gasteiger partial charge in [-0.1, -0.05) is 25.4 Å². The highest BCUT2D eigenvalue weighted by Crippen LogP contribution is 2.23. The van der Waals surface area contributed by atoms with Gasteiger partial charge in [-0.25, -0.2) is 9.78 Å². The van der Waals surface area contributed by atoms with E-state index in [0.717, 1.165) is 0 Å². The van der Waals surface area contributed by atoms with Crippen LogP contribution in [0.15, 0.2) is 12.1 Å². The number of carbonyl (C=O) groups is 1. The predicted molar refractivity (Wildman–Crippen MR) is 68.9 cm³/mol. The molecule has 0 aliphatic rings. The first-order chi connectivity index (χ1) is 7.84. The summed E-state index contributed by atoms with van der Waals surface area (Å²) in [7, 11) is 1.83. The lowest BCUT2D eigenvalue weighted by Crippen LogP contribution is -2.35.